The molecular formula is C11H11NO5. The first-order chi connectivity index (χ1) is 8.08. The van der Waals surface area contributed by atoms with E-state index in [-0.39, 0.29) is 18.9 Å². The third-order valence-electron chi connectivity index (χ3n) is 2.55. The molecule has 6 heteroatoms. The van der Waals surface area contributed by atoms with E-state index >= 15 is 0 Å². The van der Waals surface area contributed by atoms with Crippen molar-refractivity contribution in [1.82, 2.24) is 4.90 Å². The molecule has 2 N–H and O–H groups in total. The first-order valence-corrected chi connectivity index (χ1v) is 5.02. The Labute approximate surface area is 97.0 Å². The fraction of sp³-hybridized carbons (Fsp3) is 0.273. The lowest BCUT2D eigenvalue weighted by molar-refractivity contribution is -0.141. The van der Waals surface area contributed by atoms with Crippen molar-refractivity contribution < 1.29 is 24.5 Å². The van der Waals surface area contributed by atoms with Gasteiger partial charge < -0.3 is 14.9 Å². The van der Waals surface area contributed by atoms with Crippen LogP contribution in [0.2, 0.25) is 0 Å². The van der Waals surface area contributed by atoms with E-state index in [1.165, 1.54) is 12.1 Å². The van der Waals surface area contributed by atoms with E-state index in [2.05, 4.69) is 0 Å². The number of hydrogen-bond donors (Lipinski definition) is 2. The molecule has 1 atom stereocenters. The van der Waals surface area contributed by atoms with E-state index < -0.39 is 18.1 Å². The molecule has 1 aliphatic rings. The van der Waals surface area contributed by atoms with Crippen molar-refractivity contribution in [3.8, 4) is 5.75 Å². The molecule has 1 heterocycles. The SMILES string of the molecule is O=C(O)C1COC(=O)N1Cc1ccc(O)cc1. The normalized spacial score (nSPS) is 19.2. The summed E-state index contributed by atoms with van der Waals surface area (Å²) in [6, 6.07) is 5.26. The van der Waals surface area contributed by atoms with Gasteiger partial charge in [0, 0.05) is 0 Å². The van der Waals surface area contributed by atoms with Gasteiger partial charge in [0.15, 0.2) is 6.04 Å². The quantitative estimate of drug-likeness (QED) is 0.811. The molecule has 0 saturated carbocycles. The molecule has 1 fully saturated rings. The van der Waals surface area contributed by atoms with Gasteiger partial charge in [0.05, 0.1) is 6.54 Å². The fourth-order valence-corrected chi connectivity index (χ4v) is 1.63. The number of aliphatic carboxylic acids is 1. The summed E-state index contributed by atoms with van der Waals surface area (Å²) in [5.41, 5.74) is 0.730. The maximum Gasteiger partial charge on any atom is 0.411 e. The molecule has 0 aromatic heterocycles. The van der Waals surface area contributed by atoms with Crippen molar-refractivity contribution in [3.05, 3.63) is 29.8 Å². The van der Waals surface area contributed by atoms with Gasteiger partial charge in [-0.3, -0.25) is 4.90 Å². The van der Waals surface area contributed by atoms with Crippen LogP contribution in [0.5, 0.6) is 5.75 Å². The summed E-state index contributed by atoms with van der Waals surface area (Å²) < 4.78 is 4.69. The van der Waals surface area contributed by atoms with Crippen LogP contribution in [-0.4, -0.2) is 39.8 Å². The first-order valence-electron chi connectivity index (χ1n) is 5.02. The summed E-state index contributed by atoms with van der Waals surface area (Å²) in [7, 11) is 0. The molecule has 1 aromatic rings. The summed E-state index contributed by atoms with van der Waals surface area (Å²) in [5.74, 6) is -0.970. The van der Waals surface area contributed by atoms with Gasteiger partial charge in [-0.1, -0.05) is 12.1 Å². The van der Waals surface area contributed by atoms with Gasteiger partial charge in [0.2, 0.25) is 0 Å². The average molecular weight is 237 g/mol. The number of ether oxygens (including phenoxy) is 1. The van der Waals surface area contributed by atoms with Crippen molar-refractivity contribution in [2.24, 2.45) is 0 Å². The van der Waals surface area contributed by atoms with Gasteiger partial charge in [-0.25, -0.2) is 9.59 Å². The predicted octanol–water partition coefficient (Wildman–Crippen LogP) is 0.798. The molecular weight excluding hydrogens is 226 g/mol. The van der Waals surface area contributed by atoms with Crippen LogP contribution in [0.25, 0.3) is 0 Å². The minimum Gasteiger partial charge on any atom is -0.508 e. The number of carbonyl (C=O) groups is 2. The topological polar surface area (TPSA) is 87.1 Å². The largest absolute Gasteiger partial charge is 0.508 e. The number of carbonyl (C=O) groups excluding carboxylic acids is 1. The summed E-state index contributed by atoms with van der Waals surface area (Å²) in [6.07, 6.45) is -0.634. The van der Waals surface area contributed by atoms with Gasteiger partial charge in [-0.2, -0.15) is 0 Å². The highest BCUT2D eigenvalue weighted by atomic mass is 16.6. The molecule has 0 radical (unpaired) electrons. The maximum absolute atomic E-state index is 11.4. The standard InChI is InChI=1S/C11H11NO5/c13-8-3-1-7(2-4-8)5-12-9(10(14)15)6-17-11(12)16/h1-4,9,13H,5-6H2,(H,14,15). The molecule has 1 aliphatic heterocycles. The first kappa shape index (κ1) is 11.3. The number of benzene rings is 1. The second-order valence-corrected chi connectivity index (χ2v) is 3.73. The Morgan fingerprint density at radius 3 is 2.65 bits per heavy atom. The number of aromatic hydroxyl groups is 1. The number of nitrogens with zero attached hydrogens (tertiary/aromatic N) is 1. The molecule has 0 spiro atoms. The Bertz CT molecular complexity index is 442. The Morgan fingerprint density at radius 2 is 2.06 bits per heavy atom. The lowest BCUT2D eigenvalue weighted by Gasteiger charge is -2.17. The van der Waals surface area contributed by atoms with Crippen molar-refractivity contribution in [2.75, 3.05) is 6.61 Å². The van der Waals surface area contributed by atoms with E-state index in [1.54, 1.807) is 12.1 Å². The van der Waals surface area contributed by atoms with E-state index in [1.807, 2.05) is 0 Å². The third kappa shape index (κ3) is 2.30. The van der Waals surface area contributed by atoms with Crippen molar-refractivity contribution in [1.29, 1.82) is 0 Å². The van der Waals surface area contributed by atoms with E-state index in [0.717, 1.165) is 10.5 Å². The molecule has 17 heavy (non-hydrogen) atoms. The highest BCUT2D eigenvalue weighted by molar-refractivity contribution is 5.82. The zero-order valence-electron chi connectivity index (χ0n) is 8.87. The van der Waals surface area contributed by atoms with Crippen LogP contribution < -0.4 is 0 Å². The number of hydrogen-bond acceptors (Lipinski definition) is 4. The van der Waals surface area contributed by atoms with Gasteiger partial charge in [-0.15, -0.1) is 0 Å². The number of rotatable bonds is 3. The van der Waals surface area contributed by atoms with Crippen LogP contribution in [0, 0.1) is 0 Å². The number of phenols is 1. The number of cyclic esters (lactones) is 1. The van der Waals surface area contributed by atoms with Gasteiger partial charge >= 0.3 is 12.1 Å². The molecule has 6 nitrogen and oxygen atoms in total. The lowest BCUT2D eigenvalue weighted by atomic mass is 10.2. The van der Waals surface area contributed by atoms with Gasteiger partial charge in [-0.05, 0) is 17.7 Å². The predicted molar refractivity (Wildman–Crippen MR) is 56.4 cm³/mol. The Kier molecular flexibility index (Phi) is 2.86. The van der Waals surface area contributed by atoms with Crippen LogP contribution in [0.3, 0.4) is 0 Å². The lowest BCUT2D eigenvalue weighted by Crippen LogP contribution is -2.38. The molecule has 1 saturated heterocycles. The second kappa shape index (κ2) is 4.32. The maximum atomic E-state index is 11.4. The van der Waals surface area contributed by atoms with Crippen LogP contribution in [0.4, 0.5) is 4.79 Å². The van der Waals surface area contributed by atoms with Crippen molar-refractivity contribution in [2.45, 2.75) is 12.6 Å². The zero-order chi connectivity index (χ0) is 12.4. The van der Waals surface area contributed by atoms with Crippen LogP contribution in [-0.2, 0) is 16.1 Å². The number of carboxylic acids is 1. The number of carboxylic acid groups (broad SMARTS) is 1. The minimum atomic E-state index is -1.09. The highest BCUT2D eigenvalue weighted by Gasteiger charge is 2.37. The molecule has 90 valence electrons. The van der Waals surface area contributed by atoms with Gasteiger partial charge in [0.25, 0.3) is 0 Å². The molecule has 0 aliphatic carbocycles. The van der Waals surface area contributed by atoms with Crippen molar-refractivity contribution in [3.63, 3.8) is 0 Å². The molecule has 1 unspecified atom stereocenters. The van der Waals surface area contributed by atoms with E-state index in [0.29, 0.717) is 0 Å². The Balaban J connectivity index is 2.13. The van der Waals surface area contributed by atoms with E-state index in [4.69, 9.17) is 14.9 Å². The average Bonchev–Trinajstić information content (AvgIpc) is 2.64. The zero-order valence-corrected chi connectivity index (χ0v) is 8.87. The summed E-state index contributed by atoms with van der Waals surface area (Å²) >= 11 is 0. The smallest absolute Gasteiger partial charge is 0.411 e. The summed E-state index contributed by atoms with van der Waals surface area (Å²) in [5, 5.41) is 18.0. The van der Waals surface area contributed by atoms with Gasteiger partial charge in [0.1, 0.15) is 12.4 Å². The van der Waals surface area contributed by atoms with Crippen LogP contribution >= 0.6 is 0 Å². The molecule has 1 aromatic carbocycles. The van der Waals surface area contributed by atoms with Crippen LogP contribution in [0.15, 0.2) is 24.3 Å². The second-order valence-electron chi connectivity index (χ2n) is 3.73. The van der Waals surface area contributed by atoms with Crippen molar-refractivity contribution >= 4 is 12.1 Å². The van der Waals surface area contributed by atoms with E-state index in [9.17, 15) is 9.59 Å². The molecule has 2 rings (SSSR count). The third-order valence-corrected chi connectivity index (χ3v) is 2.55. The number of phenolic OH excluding ortho intramolecular Hbond substituents is 1. The monoisotopic (exact) mass is 237 g/mol. The minimum absolute atomic E-state index is 0.118. The highest BCUT2D eigenvalue weighted by Crippen LogP contribution is 2.18. The summed E-state index contributed by atoms with van der Waals surface area (Å²) in [4.78, 5) is 23.4. The molecule has 1 amide bonds. The Morgan fingerprint density at radius 1 is 1.41 bits per heavy atom. The fourth-order valence-electron chi connectivity index (χ4n) is 1.63. The Hall–Kier alpha value is -2.24. The molecule has 0 bridgehead atoms. The number of amides is 1. The van der Waals surface area contributed by atoms with Crippen LogP contribution in [0.1, 0.15) is 5.56 Å². The summed E-state index contributed by atoms with van der Waals surface area (Å²) in [6.45, 7) is 0.0162.